The molecular formula is C28H34O2Si. The third-order valence-electron chi connectivity index (χ3n) is 7.03. The standard InChI is InChI=1S/C28H34O2Si/c1-22(29)26-20-28(26,23-14-8-5-9-15-23)21-30-31(27(2,3)4,24-16-10-6-11-17-24)25-18-12-7-13-19-25/h5-19,22,26,29H,20-21H2,1-4H3/t22-,26-,28+/m1/s1. The van der Waals surface area contributed by atoms with Crippen LogP contribution in [0, 0.1) is 5.92 Å². The van der Waals surface area contributed by atoms with Crippen molar-refractivity contribution in [2.75, 3.05) is 6.61 Å². The lowest BCUT2D eigenvalue weighted by Gasteiger charge is -2.44. The second-order valence-electron chi connectivity index (χ2n) is 10.0. The largest absolute Gasteiger partial charge is 0.406 e. The molecule has 0 unspecified atom stereocenters. The molecule has 0 aromatic heterocycles. The highest BCUT2D eigenvalue weighted by Gasteiger charge is 2.60. The van der Waals surface area contributed by atoms with Crippen LogP contribution in [-0.4, -0.2) is 26.1 Å². The predicted octanol–water partition coefficient (Wildman–Crippen LogP) is 4.90. The summed E-state index contributed by atoms with van der Waals surface area (Å²) in [5, 5.41) is 13.0. The van der Waals surface area contributed by atoms with Crippen molar-refractivity contribution < 1.29 is 9.53 Å². The topological polar surface area (TPSA) is 29.5 Å². The van der Waals surface area contributed by atoms with Crippen LogP contribution in [0.5, 0.6) is 0 Å². The number of rotatable bonds is 7. The lowest BCUT2D eigenvalue weighted by Crippen LogP contribution is -2.67. The van der Waals surface area contributed by atoms with Crippen molar-refractivity contribution in [3.63, 3.8) is 0 Å². The van der Waals surface area contributed by atoms with Crippen LogP contribution in [0.3, 0.4) is 0 Å². The Morgan fingerprint density at radius 3 is 1.71 bits per heavy atom. The van der Waals surface area contributed by atoms with Gasteiger partial charge in [-0.25, -0.2) is 0 Å². The Kier molecular flexibility index (Phi) is 5.95. The molecule has 1 N–H and O–H groups in total. The van der Waals surface area contributed by atoms with Crippen LogP contribution in [0.1, 0.15) is 39.7 Å². The van der Waals surface area contributed by atoms with Gasteiger partial charge in [-0.05, 0) is 40.2 Å². The van der Waals surface area contributed by atoms with E-state index in [9.17, 15) is 5.11 Å². The Labute approximate surface area is 188 Å². The molecule has 0 saturated heterocycles. The highest BCUT2D eigenvalue weighted by atomic mass is 28.4. The van der Waals surface area contributed by atoms with Crippen LogP contribution in [-0.2, 0) is 9.84 Å². The van der Waals surface area contributed by atoms with E-state index in [1.807, 2.05) is 6.92 Å². The molecule has 31 heavy (non-hydrogen) atoms. The monoisotopic (exact) mass is 430 g/mol. The minimum atomic E-state index is -2.60. The van der Waals surface area contributed by atoms with Crippen LogP contribution in [0.15, 0.2) is 91.0 Å². The Balaban J connectivity index is 1.80. The molecule has 3 aromatic carbocycles. The summed E-state index contributed by atoms with van der Waals surface area (Å²) < 4.78 is 7.26. The average molecular weight is 431 g/mol. The van der Waals surface area contributed by atoms with Gasteiger partial charge in [-0.2, -0.15) is 0 Å². The zero-order valence-electron chi connectivity index (χ0n) is 19.1. The van der Waals surface area contributed by atoms with Crippen molar-refractivity contribution in [2.45, 2.75) is 50.7 Å². The average Bonchev–Trinajstić information content (AvgIpc) is 3.52. The van der Waals surface area contributed by atoms with E-state index in [0.29, 0.717) is 6.61 Å². The van der Waals surface area contributed by atoms with Crippen LogP contribution in [0.25, 0.3) is 0 Å². The molecule has 0 spiro atoms. The summed E-state index contributed by atoms with van der Waals surface area (Å²) in [6.07, 6.45) is 0.621. The molecule has 3 atom stereocenters. The summed E-state index contributed by atoms with van der Waals surface area (Å²) in [5.74, 6) is 0.230. The van der Waals surface area contributed by atoms with Crippen LogP contribution in [0.2, 0.25) is 5.04 Å². The lowest BCUT2D eigenvalue weighted by molar-refractivity contribution is 0.147. The van der Waals surface area contributed by atoms with Gasteiger partial charge in [-0.1, -0.05) is 112 Å². The summed E-state index contributed by atoms with van der Waals surface area (Å²) in [7, 11) is -2.60. The first-order valence-corrected chi connectivity index (χ1v) is 13.2. The molecule has 0 radical (unpaired) electrons. The minimum absolute atomic E-state index is 0.0528. The van der Waals surface area contributed by atoms with Gasteiger partial charge in [0, 0.05) is 12.0 Å². The zero-order valence-corrected chi connectivity index (χ0v) is 20.1. The fourth-order valence-corrected chi connectivity index (χ4v) is 9.95. The third kappa shape index (κ3) is 3.91. The Bertz CT molecular complexity index is 940. The smallest absolute Gasteiger partial charge is 0.261 e. The molecule has 2 nitrogen and oxygen atoms in total. The van der Waals surface area contributed by atoms with Gasteiger partial charge < -0.3 is 9.53 Å². The molecule has 4 rings (SSSR count). The van der Waals surface area contributed by atoms with E-state index in [1.54, 1.807) is 0 Å². The molecule has 162 valence electrons. The van der Waals surface area contributed by atoms with Crippen LogP contribution in [0.4, 0.5) is 0 Å². The fraction of sp³-hybridized carbons (Fsp3) is 0.357. The molecular weight excluding hydrogens is 396 g/mol. The van der Waals surface area contributed by atoms with Gasteiger partial charge in [-0.3, -0.25) is 0 Å². The van der Waals surface area contributed by atoms with E-state index in [1.165, 1.54) is 15.9 Å². The molecule has 1 aliphatic rings. The first kappa shape index (κ1) is 22.0. The Hall–Kier alpha value is -2.20. The van der Waals surface area contributed by atoms with Crippen molar-refractivity contribution in [3.8, 4) is 0 Å². The van der Waals surface area contributed by atoms with Gasteiger partial charge in [0.1, 0.15) is 0 Å². The Morgan fingerprint density at radius 1 is 0.871 bits per heavy atom. The summed E-state index contributed by atoms with van der Waals surface area (Å²) >= 11 is 0. The molecule has 1 saturated carbocycles. The second kappa shape index (κ2) is 8.38. The van der Waals surface area contributed by atoms with E-state index >= 15 is 0 Å². The zero-order chi connectivity index (χ0) is 22.1. The quantitative estimate of drug-likeness (QED) is 0.540. The first-order valence-electron chi connectivity index (χ1n) is 11.3. The number of hydrogen-bond acceptors (Lipinski definition) is 2. The van der Waals surface area contributed by atoms with Crippen molar-refractivity contribution in [2.24, 2.45) is 5.92 Å². The summed E-state index contributed by atoms with van der Waals surface area (Å²) in [6, 6.07) is 32.2. The molecule has 3 aromatic rings. The van der Waals surface area contributed by atoms with Gasteiger partial charge in [0.05, 0.1) is 6.10 Å². The molecule has 1 fully saturated rings. The molecule has 0 amide bonds. The molecule has 0 bridgehead atoms. The van der Waals surface area contributed by atoms with E-state index < -0.39 is 8.32 Å². The summed E-state index contributed by atoms with van der Waals surface area (Å²) in [5.41, 5.74) is 1.15. The van der Waals surface area contributed by atoms with Gasteiger partial charge >= 0.3 is 0 Å². The van der Waals surface area contributed by atoms with E-state index in [0.717, 1.165) is 6.42 Å². The molecule has 0 aliphatic heterocycles. The first-order chi connectivity index (χ1) is 14.8. The normalized spacial score (nSPS) is 22.2. The number of aliphatic hydroxyl groups excluding tert-OH is 1. The summed E-state index contributed by atoms with van der Waals surface area (Å²) in [6.45, 7) is 9.48. The van der Waals surface area contributed by atoms with Gasteiger partial charge in [0.15, 0.2) is 0 Å². The number of hydrogen-bond donors (Lipinski definition) is 1. The van der Waals surface area contributed by atoms with E-state index in [-0.39, 0.29) is 22.5 Å². The van der Waals surface area contributed by atoms with Crippen molar-refractivity contribution >= 4 is 18.7 Å². The SMILES string of the molecule is C[C@@H](O)[C@H]1C[C@]1(CO[Si](c1ccccc1)(c1ccccc1)C(C)(C)C)c1ccccc1. The fourth-order valence-electron chi connectivity index (χ4n) is 5.32. The van der Waals surface area contributed by atoms with Gasteiger partial charge in [-0.15, -0.1) is 0 Å². The molecule has 3 heteroatoms. The van der Waals surface area contributed by atoms with Gasteiger partial charge in [0.25, 0.3) is 8.32 Å². The van der Waals surface area contributed by atoms with Crippen molar-refractivity contribution in [3.05, 3.63) is 96.6 Å². The number of benzene rings is 3. The highest BCUT2D eigenvalue weighted by molar-refractivity contribution is 6.99. The molecule has 1 aliphatic carbocycles. The minimum Gasteiger partial charge on any atom is -0.406 e. The van der Waals surface area contributed by atoms with Crippen molar-refractivity contribution in [1.82, 2.24) is 0 Å². The van der Waals surface area contributed by atoms with E-state index in [4.69, 9.17) is 4.43 Å². The van der Waals surface area contributed by atoms with Gasteiger partial charge in [0.2, 0.25) is 0 Å². The Morgan fingerprint density at radius 2 is 1.32 bits per heavy atom. The maximum Gasteiger partial charge on any atom is 0.261 e. The highest BCUT2D eigenvalue weighted by Crippen LogP contribution is 2.57. The van der Waals surface area contributed by atoms with Crippen LogP contribution < -0.4 is 10.4 Å². The summed E-state index contributed by atoms with van der Waals surface area (Å²) in [4.78, 5) is 0. The van der Waals surface area contributed by atoms with Crippen LogP contribution >= 0.6 is 0 Å². The van der Waals surface area contributed by atoms with Crippen molar-refractivity contribution in [1.29, 1.82) is 0 Å². The maximum absolute atomic E-state index is 10.5. The predicted molar refractivity (Wildman–Crippen MR) is 131 cm³/mol. The lowest BCUT2D eigenvalue weighted by atomic mass is 9.93. The maximum atomic E-state index is 10.5. The van der Waals surface area contributed by atoms with E-state index in [2.05, 4.69) is 112 Å². The third-order valence-corrected chi connectivity index (χ3v) is 12.0. The number of aliphatic hydroxyl groups is 1. The second-order valence-corrected chi connectivity index (χ2v) is 14.3. The molecule has 0 heterocycles.